The Morgan fingerprint density at radius 2 is 1.82 bits per heavy atom. The van der Waals surface area contributed by atoms with Crippen molar-refractivity contribution < 1.29 is 18.7 Å². The highest BCUT2D eigenvalue weighted by Crippen LogP contribution is 2.43. The zero-order valence-electron chi connectivity index (χ0n) is 12.6. The number of anilines is 1. The molecular formula is C16H20NO4P. The molecule has 2 aromatic rings. The summed E-state index contributed by atoms with van der Waals surface area (Å²) in [6.07, 6.45) is 0.384. The molecule has 5 nitrogen and oxygen atoms in total. The lowest BCUT2D eigenvalue weighted by Crippen LogP contribution is -2.12. The normalized spacial score (nSPS) is 15.0. The van der Waals surface area contributed by atoms with E-state index < -0.39 is 7.60 Å². The second-order valence-electron chi connectivity index (χ2n) is 4.98. The molecule has 2 aromatic carbocycles. The molecule has 0 aromatic heterocycles. The minimum Gasteiger partial charge on any atom is -0.455 e. The van der Waals surface area contributed by atoms with Gasteiger partial charge in [0.2, 0.25) is 0 Å². The van der Waals surface area contributed by atoms with E-state index in [1.807, 2.05) is 19.1 Å². The van der Waals surface area contributed by atoms with Gasteiger partial charge < -0.3 is 19.9 Å². The van der Waals surface area contributed by atoms with E-state index in [1.54, 1.807) is 31.2 Å². The van der Waals surface area contributed by atoms with Crippen LogP contribution in [0.15, 0.2) is 48.5 Å². The van der Waals surface area contributed by atoms with Crippen LogP contribution in [-0.2, 0) is 9.09 Å². The highest BCUT2D eigenvalue weighted by molar-refractivity contribution is 7.61. The molecule has 2 atom stereocenters. The molecule has 0 bridgehead atoms. The molecule has 0 spiro atoms. The number of hydrogen-bond donors (Lipinski definition) is 2. The van der Waals surface area contributed by atoms with Crippen LogP contribution >= 0.6 is 7.60 Å². The Kier molecular flexibility index (Phi) is 5.24. The van der Waals surface area contributed by atoms with Gasteiger partial charge in [0.15, 0.2) is 0 Å². The van der Waals surface area contributed by atoms with Gasteiger partial charge in [0.05, 0.1) is 17.1 Å². The van der Waals surface area contributed by atoms with E-state index in [0.29, 0.717) is 23.6 Å². The van der Waals surface area contributed by atoms with Crippen LogP contribution in [0.25, 0.3) is 0 Å². The highest BCUT2D eigenvalue weighted by Gasteiger charge is 2.24. The molecule has 0 aliphatic carbocycles. The third kappa shape index (κ3) is 4.10. The quantitative estimate of drug-likeness (QED) is 0.626. The van der Waals surface area contributed by atoms with Crippen LogP contribution in [0.4, 0.5) is 5.69 Å². The minimum absolute atomic E-state index is 0.237. The summed E-state index contributed by atoms with van der Waals surface area (Å²) in [5.41, 5.74) is 6.34. The third-order valence-corrected chi connectivity index (χ3v) is 4.80. The lowest BCUT2D eigenvalue weighted by Gasteiger charge is -2.17. The summed E-state index contributed by atoms with van der Waals surface area (Å²) in [6, 6.07) is 13.4. The summed E-state index contributed by atoms with van der Waals surface area (Å²) in [5, 5.41) is 0.237. The van der Waals surface area contributed by atoms with Crippen LogP contribution in [0.2, 0.25) is 0 Å². The van der Waals surface area contributed by atoms with Gasteiger partial charge in [-0.05, 0) is 49.7 Å². The molecule has 0 fully saturated rings. The Balaban J connectivity index is 2.13. The minimum atomic E-state index is -3.81. The fourth-order valence-corrected chi connectivity index (χ4v) is 3.07. The molecule has 2 unspecified atom stereocenters. The fourth-order valence-electron chi connectivity index (χ4n) is 1.78. The van der Waals surface area contributed by atoms with E-state index in [1.165, 1.54) is 12.1 Å². The molecule has 0 saturated heterocycles. The summed E-state index contributed by atoms with van der Waals surface area (Å²) in [6.45, 7) is 3.66. The molecule has 0 aliphatic rings. The number of benzene rings is 2. The first-order chi connectivity index (χ1) is 10.4. The average molecular weight is 321 g/mol. The van der Waals surface area contributed by atoms with Crippen LogP contribution in [0, 0.1) is 0 Å². The van der Waals surface area contributed by atoms with Crippen molar-refractivity contribution >= 4 is 18.6 Å². The zero-order valence-corrected chi connectivity index (χ0v) is 13.5. The topological polar surface area (TPSA) is 81.8 Å². The Bertz CT molecular complexity index is 672. The highest BCUT2D eigenvalue weighted by atomic mass is 31.2. The molecule has 0 saturated carbocycles. The van der Waals surface area contributed by atoms with Gasteiger partial charge in [-0.25, -0.2) is 0 Å². The number of nitrogens with two attached hydrogens (primary N) is 1. The fraction of sp³-hybridized carbons (Fsp3) is 0.250. The second kappa shape index (κ2) is 6.97. The van der Waals surface area contributed by atoms with Crippen LogP contribution in [-0.4, -0.2) is 11.0 Å². The maximum Gasteiger partial charge on any atom is 0.359 e. The first-order valence-electron chi connectivity index (χ1n) is 7.06. The Labute approximate surface area is 130 Å². The molecule has 6 heteroatoms. The molecule has 2 rings (SSSR count). The Hall–Kier alpha value is -1.81. The van der Waals surface area contributed by atoms with Gasteiger partial charge in [0, 0.05) is 0 Å². The SMILES string of the molecule is CCC(C)OP(=O)(O)c1ccc(Oc2ccccc2N)cc1. The van der Waals surface area contributed by atoms with E-state index in [2.05, 4.69) is 0 Å². The standard InChI is InChI=1S/C16H20NO4P/c1-3-12(2)21-22(18,19)14-10-8-13(9-11-14)20-16-7-5-4-6-15(16)17/h4-12H,3,17H2,1-2H3,(H,18,19). The van der Waals surface area contributed by atoms with E-state index in [-0.39, 0.29) is 11.4 Å². The van der Waals surface area contributed by atoms with Crippen LogP contribution in [0.3, 0.4) is 0 Å². The summed E-state index contributed by atoms with van der Waals surface area (Å²) >= 11 is 0. The van der Waals surface area contributed by atoms with E-state index in [0.717, 1.165) is 0 Å². The van der Waals surface area contributed by atoms with Crippen molar-refractivity contribution in [2.24, 2.45) is 0 Å². The smallest absolute Gasteiger partial charge is 0.359 e. The zero-order chi connectivity index (χ0) is 16.2. The van der Waals surface area contributed by atoms with Crippen LogP contribution in [0.5, 0.6) is 11.5 Å². The second-order valence-corrected chi connectivity index (χ2v) is 6.75. The molecular weight excluding hydrogens is 301 g/mol. The van der Waals surface area contributed by atoms with Crippen molar-refractivity contribution in [2.75, 3.05) is 5.73 Å². The van der Waals surface area contributed by atoms with Gasteiger partial charge in [-0.3, -0.25) is 4.57 Å². The lowest BCUT2D eigenvalue weighted by atomic mass is 10.3. The molecule has 22 heavy (non-hydrogen) atoms. The Morgan fingerprint density at radius 3 is 2.41 bits per heavy atom. The summed E-state index contributed by atoms with van der Waals surface area (Å²) < 4.78 is 23.0. The van der Waals surface area contributed by atoms with Crippen molar-refractivity contribution in [2.45, 2.75) is 26.4 Å². The maximum absolute atomic E-state index is 12.2. The van der Waals surface area contributed by atoms with Crippen LogP contribution in [0.1, 0.15) is 20.3 Å². The van der Waals surface area contributed by atoms with Gasteiger partial charge in [0.1, 0.15) is 11.5 Å². The van der Waals surface area contributed by atoms with Crippen molar-refractivity contribution in [1.29, 1.82) is 0 Å². The summed E-state index contributed by atoms with van der Waals surface area (Å²) in [4.78, 5) is 9.98. The van der Waals surface area contributed by atoms with Gasteiger partial charge in [0.25, 0.3) is 0 Å². The van der Waals surface area contributed by atoms with E-state index in [4.69, 9.17) is 15.0 Å². The maximum atomic E-state index is 12.2. The van der Waals surface area contributed by atoms with E-state index >= 15 is 0 Å². The number of hydrogen-bond acceptors (Lipinski definition) is 4. The molecule has 118 valence electrons. The number of nitrogen functional groups attached to an aromatic ring is 1. The summed E-state index contributed by atoms with van der Waals surface area (Å²) in [7, 11) is -3.81. The van der Waals surface area contributed by atoms with Crippen molar-refractivity contribution in [3.8, 4) is 11.5 Å². The monoisotopic (exact) mass is 321 g/mol. The predicted octanol–water partition coefficient (Wildman–Crippen LogP) is 3.69. The van der Waals surface area contributed by atoms with Gasteiger partial charge in [-0.15, -0.1) is 0 Å². The Morgan fingerprint density at radius 1 is 1.18 bits per heavy atom. The number of para-hydroxylation sites is 2. The molecule has 3 N–H and O–H groups in total. The first-order valence-corrected chi connectivity index (χ1v) is 8.64. The van der Waals surface area contributed by atoms with Gasteiger partial charge >= 0.3 is 7.60 Å². The molecule has 0 heterocycles. The predicted molar refractivity (Wildman–Crippen MR) is 87.7 cm³/mol. The van der Waals surface area contributed by atoms with Crippen molar-refractivity contribution in [3.05, 3.63) is 48.5 Å². The average Bonchev–Trinajstić information content (AvgIpc) is 2.49. The van der Waals surface area contributed by atoms with Crippen molar-refractivity contribution in [3.63, 3.8) is 0 Å². The lowest BCUT2D eigenvalue weighted by molar-refractivity contribution is 0.192. The molecule has 0 amide bonds. The first kappa shape index (κ1) is 16.6. The van der Waals surface area contributed by atoms with Gasteiger partial charge in [-0.1, -0.05) is 19.1 Å². The number of ether oxygens (including phenoxy) is 1. The van der Waals surface area contributed by atoms with Gasteiger partial charge in [-0.2, -0.15) is 0 Å². The molecule has 0 radical (unpaired) electrons. The van der Waals surface area contributed by atoms with E-state index in [9.17, 15) is 9.46 Å². The van der Waals surface area contributed by atoms with Crippen molar-refractivity contribution in [1.82, 2.24) is 0 Å². The third-order valence-electron chi connectivity index (χ3n) is 3.21. The number of rotatable bonds is 6. The summed E-state index contributed by atoms with van der Waals surface area (Å²) in [5.74, 6) is 1.07. The van der Waals surface area contributed by atoms with Crippen LogP contribution < -0.4 is 15.8 Å². The largest absolute Gasteiger partial charge is 0.455 e. The molecule has 0 aliphatic heterocycles.